The van der Waals surface area contributed by atoms with E-state index in [1.54, 1.807) is 0 Å². The smallest absolute Gasteiger partial charge is 0.243 e. The molecule has 152 valence electrons. The highest BCUT2D eigenvalue weighted by atomic mass is 32.2. The number of piperazine rings is 1. The number of rotatable bonds is 7. The molecule has 6 nitrogen and oxygen atoms in total. The number of anilines is 1. The summed E-state index contributed by atoms with van der Waals surface area (Å²) in [7, 11) is 0.412. The van der Waals surface area contributed by atoms with Crippen LogP contribution in [0.15, 0.2) is 53.4 Å². The predicted octanol–water partition coefficient (Wildman–Crippen LogP) is 2.28. The Kier molecular flexibility index (Phi) is 6.53. The van der Waals surface area contributed by atoms with E-state index in [0.717, 1.165) is 18.0 Å². The first-order valence-electron chi connectivity index (χ1n) is 9.24. The first kappa shape index (κ1) is 20.6. The molecule has 2 aromatic rings. The summed E-state index contributed by atoms with van der Waals surface area (Å²) in [6.45, 7) is 3.46. The lowest BCUT2D eigenvalue weighted by atomic mass is 10.2. The second kappa shape index (κ2) is 8.89. The van der Waals surface area contributed by atoms with Crippen LogP contribution >= 0.6 is 0 Å². The maximum Gasteiger partial charge on any atom is 0.243 e. The van der Waals surface area contributed by atoms with Crippen LogP contribution in [0.5, 0.6) is 5.75 Å². The molecule has 0 spiro atoms. The Balaban J connectivity index is 1.57. The highest BCUT2D eigenvalue weighted by Crippen LogP contribution is 2.23. The molecule has 1 saturated heterocycles. The van der Waals surface area contributed by atoms with Crippen LogP contribution in [0.1, 0.15) is 0 Å². The lowest BCUT2D eigenvalue weighted by molar-refractivity contribution is 0.261. The molecule has 0 amide bonds. The molecule has 0 saturated carbocycles. The monoisotopic (exact) mass is 407 g/mol. The lowest BCUT2D eigenvalue weighted by Gasteiger charge is -2.35. The molecular weight excluding hydrogens is 381 g/mol. The zero-order valence-electron chi connectivity index (χ0n) is 16.2. The van der Waals surface area contributed by atoms with Gasteiger partial charge in [0.1, 0.15) is 18.2 Å². The number of hydrogen-bond donors (Lipinski definition) is 0. The minimum Gasteiger partial charge on any atom is -0.492 e. The molecule has 0 unspecified atom stereocenters. The van der Waals surface area contributed by atoms with E-state index in [4.69, 9.17) is 4.74 Å². The summed E-state index contributed by atoms with van der Waals surface area (Å²) < 4.78 is 45.6. The van der Waals surface area contributed by atoms with Gasteiger partial charge in [-0.2, -0.15) is 4.31 Å². The average molecular weight is 408 g/mol. The van der Waals surface area contributed by atoms with Crippen molar-refractivity contribution in [1.29, 1.82) is 0 Å². The van der Waals surface area contributed by atoms with Crippen LogP contribution in [0.4, 0.5) is 10.1 Å². The standard InChI is InChI=1S/C20H26FN3O3S/c1-22(2)15-16-27-19-7-5-18(6-8-19)23-11-13-24(14-12-23)28(25,26)20-9-3-17(21)4-10-20/h3-10H,11-16H2,1-2H3. The van der Waals surface area contributed by atoms with Gasteiger partial charge in [-0.15, -0.1) is 0 Å². The van der Waals surface area contributed by atoms with Gasteiger partial charge in [0.05, 0.1) is 4.90 Å². The zero-order chi connectivity index (χ0) is 20.1. The maximum atomic E-state index is 13.1. The van der Waals surface area contributed by atoms with Gasteiger partial charge >= 0.3 is 0 Å². The van der Waals surface area contributed by atoms with Crippen LogP contribution in [0, 0.1) is 5.82 Å². The molecule has 0 radical (unpaired) electrons. The first-order chi connectivity index (χ1) is 13.4. The summed E-state index contributed by atoms with van der Waals surface area (Å²) in [5, 5.41) is 0. The van der Waals surface area contributed by atoms with Crippen molar-refractivity contribution in [3.8, 4) is 5.75 Å². The molecule has 0 bridgehead atoms. The summed E-state index contributed by atoms with van der Waals surface area (Å²) in [6, 6.07) is 12.8. The normalized spacial score (nSPS) is 15.8. The fraction of sp³-hybridized carbons (Fsp3) is 0.400. The van der Waals surface area contributed by atoms with Gasteiger partial charge < -0.3 is 14.5 Å². The van der Waals surface area contributed by atoms with Gasteiger partial charge in [0.2, 0.25) is 10.0 Å². The number of sulfonamides is 1. The van der Waals surface area contributed by atoms with Crippen molar-refractivity contribution >= 4 is 15.7 Å². The summed E-state index contributed by atoms with van der Waals surface area (Å²) in [5.74, 6) is 0.376. The van der Waals surface area contributed by atoms with E-state index in [9.17, 15) is 12.8 Å². The average Bonchev–Trinajstić information content (AvgIpc) is 2.69. The molecule has 0 N–H and O–H groups in total. The van der Waals surface area contributed by atoms with Crippen LogP contribution in [0.2, 0.25) is 0 Å². The number of ether oxygens (including phenoxy) is 1. The van der Waals surface area contributed by atoms with E-state index < -0.39 is 15.8 Å². The van der Waals surface area contributed by atoms with Gasteiger partial charge in [-0.05, 0) is 62.6 Å². The van der Waals surface area contributed by atoms with Crippen molar-refractivity contribution in [2.75, 3.05) is 58.3 Å². The van der Waals surface area contributed by atoms with Crippen LogP contribution < -0.4 is 9.64 Å². The molecule has 1 heterocycles. The molecule has 0 aromatic heterocycles. The van der Waals surface area contributed by atoms with Crippen LogP contribution in [0.3, 0.4) is 0 Å². The Bertz CT molecular complexity index is 863. The lowest BCUT2D eigenvalue weighted by Crippen LogP contribution is -2.48. The number of likely N-dealkylation sites (N-methyl/N-ethyl adjacent to an activating group) is 1. The number of hydrogen-bond acceptors (Lipinski definition) is 5. The number of nitrogens with zero attached hydrogens (tertiary/aromatic N) is 3. The Morgan fingerprint density at radius 2 is 1.57 bits per heavy atom. The Labute approximate surface area is 166 Å². The van der Waals surface area contributed by atoms with E-state index in [1.165, 1.54) is 28.6 Å². The fourth-order valence-corrected chi connectivity index (χ4v) is 4.46. The van der Waals surface area contributed by atoms with Crippen molar-refractivity contribution in [3.05, 3.63) is 54.3 Å². The molecule has 1 fully saturated rings. The molecule has 28 heavy (non-hydrogen) atoms. The van der Waals surface area contributed by atoms with Crippen LogP contribution in [-0.2, 0) is 10.0 Å². The Hall–Kier alpha value is -2.16. The van der Waals surface area contributed by atoms with Crippen molar-refractivity contribution in [1.82, 2.24) is 9.21 Å². The Morgan fingerprint density at radius 1 is 0.964 bits per heavy atom. The van der Waals surface area contributed by atoms with E-state index >= 15 is 0 Å². The van der Waals surface area contributed by atoms with Crippen molar-refractivity contribution in [2.24, 2.45) is 0 Å². The third-order valence-corrected chi connectivity index (χ3v) is 6.61. The van der Waals surface area contributed by atoms with Gasteiger partial charge in [0.25, 0.3) is 0 Å². The summed E-state index contributed by atoms with van der Waals surface area (Å²) in [4.78, 5) is 4.34. The quantitative estimate of drug-likeness (QED) is 0.705. The molecule has 1 aliphatic heterocycles. The minimum absolute atomic E-state index is 0.126. The van der Waals surface area contributed by atoms with E-state index in [1.807, 2.05) is 38.4 Å². The second-order valence-corrected chi connectivity index (χ2v) is 8.93. The van der Waals surface area contributed by atoms with Crippen LogP contribution in [-0.4, -0.2) is 71.0 Å². The molecule has 0 atom stereocenters. The third-order valence-electron chi connectivity index (χ3n) is 4.70. The topological polar surface area (TPSA) is 53.1 Å². The first-order valence-corrected chi connectivity index (χ1v) is 10.7. The fourth-order valence-electron chi connectivity index (χ4n) is 3.04. The summed E-state index contributed by atoms with van der Waals surface area (Å²) >= 11 is 0. The SMILES string of the molecule is CN(C)CCOc1ccc(N2CCN(S(=O)(=O)c3ccc(F)cc3)CC2)cc1. The minimum atomic E-state index is -3.59. The maximum absolute atomic E-state index is 13.1. The molecule has 0 aliphatic carbocycles. The molecular formula is C20H26FN3O3S. The molecule has 8 heteroatoms. The highest BCUT2D eigenvalue weighted by Gasteiger charge is 2.28. The number of halogens is 1. The van der Waals surface area contributed by atoms with E-state index in [0.29, 0.717) is 32.8 Å². The van der Waals surface area contributed by atoms with E-state index in [-0.39, 0.29) is 4.90 Å². The second-order valence-electron chi connectivity index (χ2n) is 6.99. The van der Waals surface area contributed by atoms with Gasteiger partial charge in [-0.1, -0.05) is 0 Å². The van der Waals surface area contributed by atoms with E-state index in [2.05, 4.69) is 9.80 Å². The summed E-state index contributed by atoms with van der Waals surface area (Å²) in [6.07, 6.45) is 0. The van der Waals surface area contributed by atoms with Crippen molar-refractivity contribution < 1.29 is 17.5 Å². The predicted molar refractivity (Wildman–Crippen MR) is 108 cm³/mol. The van der Waals surface area contributed by atoms with Gasteiger partial charge in [0, 0.05) is 38.4 Å². The zero-order valence-corrected chi connectivity index (χ0v) is 17.0. The third kappa shape index (κ3) is 5.01. The molecule has 1 aliphatic rings. The largest absolute Gasteiger partial charge is 0.492 e. The molecule has 2 aromatic carbocycles. The Morgan fingerprint density at radius 3 is 2.14 bits per heavy atom. The van der Waals surface area contributed by atoms with Gasteiger partial charge in [-0.3, -0.25) is 0 Å². The van der Waals surface area contributed by atoms with Crippen molar-refractivity contribution in [3.63, 3.8) is 0 Å². The van der Waals surface area contributed by atoms with Crippen molar-refractivity contribution in [2.45, 2.75) is 4.90 Å². The van der Waals surface area contributed by atoms with Crippen LogP contribution in [0.25, 0.3) is 0 Å². The summed E-state index contributed by atoms with van der Waals surface area (Å²) in [5.41, 5.74) is 1.04. The highest BCUT2D eigenvalue weighted by molar-refractivity contribution is 7.89. The van der Waals surface area contributed by atoms with Gasteiger partial charge in [0.15, 0.2) is 0 Å². The van der Waals surface area contributed by atoms with Gasteiger partial charge in [-0.25, -0.2) is 12.8 Å². The molecule has 3 rings (SSSR count). The number of benzene rings is 2.